The number of ether oxygens (including phenoxy) is 2. The van der Waals surface area contributed by atoms with Gasteiger partial charge in [-0.25, -0.2) is 0 Å². The monoisotopic (exact) mass is 293 g/mol. The van der Waals surface area contributed by atoms with E-state index in [9.17, 15) is 4.79 Å². The molecule has 5 heteroatoms. The van der Waals surface area contributed by atoms with Gasteiger partial charge in [-0.1, -0.05) is 13.0 Å². The predicted molar refractivity (Wildman–Crippen MR) is 80.0 cm³/mol. The van der Waals surface area contributed by atoms with Crippen molar-refractivity contribution in [2.75, 3.05) is 27.2 Å². The molecule has 0 aromatic heterocycles. The number of benzene rings is 1. The first-order valence-electron chi connectivity index (χ1n) is 7.24. The number of rotatable bonds is 6. The Balaban J connectivity index is 2.12. The van der Waals surface area contributed by atoms with Crippen LogP contribution in [0.25, 0.3) is 0 Å². The molecule has 1 aliphatic rings. The number of carbonyl (C=O) groups is 1. The largest absolute Gasteiger partial charge is 0.493 e. The fourth-order valence-electron chi connectivity index (χ4n) is 2.55. The van der Waals surface area contributed by atoms with Gasteiger partial charge >= 0.3 is 5.97 Å². The molecule has 1 aromatic rings. The fraction of sp³-hybridized carbons (Fsp3) is 0.562. The van der Waals surface area contributed by atoms with Crippen molar-refractivity contribution < 1.29 is 19.4 Å². The minimum Gasteiger partial charge on any atom is -0.493 e. The quantitative estimate of drug-likeness (QED) is 0.870. The first-order chi connectivity index (χ1) is 9.99. The van der Waals surface area contributed by atoms with Crippen molar-refractivity contribution in [1.82, 2.24) is 4.90 Å². The molecule has 0 radical (unpaired) electrons. The highest BCUT2D eigenvalue weighted by Crippen LogP contribution is 2.31. The molecule has 2 unspecified atom stereocenters. The Morgan fingerprint density at radius 3 is 2.81 bits per heavy atom. The Hall–Kier alpha value is -1.75. The van der Waals surface area contributed by atoms with Crippen LogP contribution < -0.4 is 9.47 Å². The second-order valence-corrected chi connectivity index (χ2v) is 5.72. The van der Waals surface area contributed by atoms with Crippen LogP contribution in [0.5, 0.6) is 11.5 Å². The van der Waals surface area contributed by atoms with Gasteiger partial charge in [0.15, 0.2) is 11.5 Å². The fourth-order valence-corrected chi connectivity index (χ4v) is 2.55. The maximum atomic E-state index is 11.0. The Bertz CT molecular complexity index is 503. The first-order valence-corrected chi connectivity index (χ1v) is 7.24. The average Bonchev–Trinajstić information content (AvgIpc) is 2.84. The molecule has 1 saturated heterocycles. The zero-order valence-corrected chi connectivity index (χ0v) is 12.8. The highest BCUT2D eigenvalue weighted by molar-refractivity contribution is 5.70. The number of methoxy groups -OCH3 is 1. The summed E-state index contributed by atoms with van der Waals surface area (Å²) in [6.07, 6.45) is 1.64. The van der Waals surface area contributed by atoms with Crippen LogP contribution in [-0.4, -0.2) is 49.3 Å². The van der Waals surface area contributed by atoms with Crippen molar-refractivity contribution in [3.05, 3.63) is 23.8 Å². The smallest absolute Gasteiger partial charge is 0.306 e. The van der Waals surface area contributed by atoms with E-state index in [1.165, 1.54) is 0 Å². The van der Waals surface area contributed by atoms with Crippen molar-refractivity contribution in [3.63, 3.8) is 0 Å². The van der Waals surface area contributed by atoms with Gasteiger partial charge in [0.05, 0.1) is 13.0 Å². The van der Waals surface area contributed by atoms with Gasteiger partial charge in [-0.15, -0.1) is 0 Å². The van der Waals surface area contributed by atoms with Gasteiger partial charge < -0.3 is 19.5 Å². The number of carboxylic acids is 1. The van der Waals surface area contributed by atoms with E-state index in [1.807, 2.05) is 18.2 Å². The molecule has 1 aromatic carbocycles. The lowest BCUT2D eigenvalue weighted by atomic mass is 10.0. The zero-order valence-electron chi connectivity index (χ0n) is 12.8. The lowest BCUT2D eigenvalue weighted by molar-refractivity contribution is -0.141. The lowest BCUT2D eigenvalue weighted by Crippen LogP contribution is -2.21. The van der Waals surface area contributed by atoms with Gasteiger partial charge in [-0.2, -0.15) is 0 Å². The number of aliphatic carboxylic acids is 1. The molecular weight excluding hydrogens is 270 g/mol. The van der Waals surface area contributed by atoms with E-state index in [4.69, 9.17) is 14.6 Å². The molecule has 1 heterocycles. The molecule has 1 N–H and O–H groups in total. The molecule has 116 valence electrons. The normalized spacial score (nSPS) is 20.2. The first kappa shape index (κ1) is 15.6. The highest BCUT2D eigenvalue weighted by atomic mass is 16.5. The van der Waals surface area contributed by atoms with Crippen molar-refractivity contribution in [3.8, 4) is 11.5 Å². The van der Waals surface area contributed by atoms with E-state index in [-0.39, 0.29) is 6.10 Å². The minimum absolute atomic E-state index is 0.163. The van der Waals surface area contributed by atoms with Gasteiger partial charge in [0.25, 0.3) is 0 Å². The summed E-state index contributed by atoms with van der Waals surface area (Å²) in [5, 5.41) is 9.01. The molecule has 0 saturated carbocycles. The Morgan fingerprint density at radius 2 is 2.24 bits per heavy atom. The van der Waals surface area contributed by atoms with Gasteiger partial charge in [-0.05, 0) is 37.6 Å². The van der Waals surface area contributed by atoms with Crippen LogP contribution in [0.15, 0.2) is 18.2 Å². The van der Waals surface area contributed by atoms with Crippen LogP contribution in [-0.2, 0) is 11.2 Å². The van der Waals surface area contributed by atoms with E-state index >= 15 is 0 Å². The molecule has 2 rings (SSSR count). The summed E-state index contributed by atoms with van der Waals surface area (Å²) in [7, 11) is 3.69. The van der Waals surface area contributed by atoms with Crippen LogP contribution in [0.4, 0.5) is 0 Å². The van der Waals surface area contributed by atoms with Crippen LogP contribution in [0.1, 0.15) is 18.9 Å². The lowest BCUT2D eigenvalue weighted by Gasteiger charge is -2.17. The SMILES string of the molecule is COc1ccc(CC(C)C(=O)O)cc1OC1CCN(C)C1. The maximum Gasteiger partial charge on any atom is 0.306 e. The summed E-state index contributed by atoms with van der Waals surface area (Å²) < 4.78 is 11.4. The van der Waals surface area contributed by atoms with Gasteiger partial charge in [0, 0.05) is 13.1 Å². The van der Waals surface area contributed by atoms with E-state index < -0.39 is 11.9 Å². The summed E-state index contributed by atoms with van der Waals surface area (Å²) in [4.78, 5) is 13.2. The maximum absolute atomic E-state index is 11.0. The summed E-state index contributed by atoms with van der Waals surface area (Å²) in [5.74, 6) is 0.193. The molecular formula is C16H23NO4. The van der Waals surface area contributed by atoms with Crippen molar-refractivity contribution >= 4 is 5.97 Å². The summed E-state index contributed by atoms with van der Waals surface area (Å²) in [6, 6.07) is 5.64. The summed E-state index contributed by atoms with van der Waals surface area (Å²) in [6.45, 7) is 3.64. The van der Waals surface area contributed by atoms with E-state index in [1.54, 1.807) is 14.0 Å². The highest BCUT2D eigenvalue weighted by Gasteiger charge is 2.22. The zero-order chi connectivity index (χ0) is 15.4. The van der Waals surface area contributed by atoms with E-state index in [0.29, 0.717) is 17.9 Å². The van der Waals surface area contributed by atoms with Gasteiger partial charge in [-0.3, -0.25) is 4.79 Å². The van der Waals surface area contributed by atoms with Gasteiger partial charge in [0.1, 0.15) is 6.10 Å². The average molecular weight is 293 g/mol. The molecule has 21 heavy (non-hydrogen) atoms. The summed E-state index contributed by atoms with van der Waals surface area (Å²) >= 11 is 0. The second kappa shape index (κ2) is 6.80. The molecule has 2 atom stereocenters. The number of likely N-dealkylation sites (N-methyl/N-ethyl adjacent to an activating group) is 1. The second-order valence-electron chi connectivity index (χ2n) is 5.72. The number of nitrogens with zero attached hydrogens (tertiary/aromatic N) is 1. The minimum atomic E-state index is -0.786. The Morgan fingerprint density at radius 1 is 1.48 bits per heavy atom. The van der Waals surface area contributed by atoms with E-state index in [0.717, 1.165) is 25.1 Å². The molecule has 0 spiro atoms. The van der Waals surface area contributed by atoms with Crippen LogP contribution >= 0.6 is 0 Å². The number of hydrogen-bond donors (Lipinski definition) is 1. The van der Waals surface area contributed by atoms with Gasteiger partial charge in [0.2, 0.25) is 0 Å². The number of hydrogen-bond acceptors (Lipinski definition) is 4. The summed E-state index contributed by atoms with van der Waals surface area (Å²) in [5.41, 5.74) is 0.951. The molecule has 1 fully saturated rings. The third-order valence-corrected chi connectivity index (χ3v) is 3.83. The third kappa shape index (κ3) is 4.11. The van der Waals surface area contributed by atoms with Crippen LogP contribution in [0.3, 0.4) is 0 Å². The molecule has 1 aliphatic heterocycles. The van der Waals surface area contributed by atoms with Crippen LogP contribution in [0, 0.1) is 5.92 Å². The van der Waals surface area contributed by atoms with Crippen LogP contribution in [0.2, 0.25) is 0 Å². The predicted octanol–water partition coefficient (Wildman–Crippen LogP) is 2.04. The van der Waals surface area contributed by atoms with E-state index in [2.05, 4.69) is 11.9 Å². The Kier molecular flexibility index (Phi) is 5.07. The molecule has 0 bridgehead atoms. The van der Waals surface area contributed by atoms with Crippen molar-refractivity contribution in [2.24, 2.45) is 5.92 Å². The van der Waals surface area contributed by atoms with Crippen molar-refractivity contribution in [2.45, 2.75) is 25.9 Å². The molecule has 0 aliphatic carbocycles. The third-order valence-electron chi connectivity index (χ3n) is 3.83. The number of carboxylic acid groups (broad SMARTS) is 1. The topological polar surface area (TPSA) is 59.0 Å². The Labute approximate surface area is 125 Å². The molecule has 5 nitrogen and oxygen atoms in total. The standard InChI is InChI=1S/C16H23NO4/c1-11(16(18)19)8-12-4-5-14(20-3)15(9-12)21-13-6-7-17(2)10-13/h4-5,9,11,13H,6-8,10H2,1-3H3,(H,18,19). The molecule has 0 amide bonds. The van der Waals surface area contributed by atoms with Crippen molar-refractivity contribution in [1.29, 1.82) is 0 Å². The number of likely N-dealkylation sites (tertiary alicyclic amines) is 1.